The Bertz CT molecular complexity index is 776. The monoisotopic (exact) mass is 521 g/mol. The first kappa shape index (κ1) is 31.9. The van der Waals surface area contributed by atoms with Crippen LogP contribution in [0.2, 0.25) is 0 Å². The highest BCUT2D eigenvalue weighted by molar-refractivity contribution is 7.98. The van der Waals surface area contributed by atoms with Gasteiger partial charge in [-0.3, -0.25) is 24.2 Å². The van der Waals surface area contributed by atoms with E-state index >= 15 is 0 Å². The minimum absolute atomic E-state index is 0.00221. The molecule has 0 rings (SSSR count). The van der Waals surface area contributed by atoms with Crippen LogP contribution in [-0.4, -0.2) is 99.8 Å². The van der Waals surface area contributed by atoms with E-state index < -0.39 is 66.4 Å². The van der Waals surface area contributed by atoms with E-state index in [0.717, 1.165) is 0 Å². The van der Waals surface area contributed by atoms with Gasteiger partial charge >= 0.3 is 11.9 Å². The Hall–Kier alpha value is -3.11. The second kappa shape index (κ2) is 16.5. The molecule has 0 spiro atoms. The maximum Gasteiger partial charge on any atom is 0.328 e. The molecular weight excluding hydrogens is 486 g/mol. The van der Waals surface area contributed by atoms with Gasteiger partial charge in [0.05, 0.1) is 18.6 Å². The number of aliphatic hydroxyl groups excluding tert-OH is 1. The Kier molecular flexibility index (Phi) is 15.0. The number of carboxylic acid groups (broad SMARTS) is 2. The fourth-order valence-corrected chi connectivity index (χ4v) is 3.22. The van der Waals surface area contributed by atoms with Gasteiger partial charge in [0.25, 0.3) is 0 Å². The van der Waals surface area contributed by atoms with Crippen LogP contribution in [0.5, 0.6) is 0 Å². The number of rotatable bonds is 17. The zero-order chi connectivity index (χ0) is 27.1. The minimum atomic E-state index is -1.62. The van der Waals surface area contributed by atoms with Gasteiger partial charge < -0.3 is 48.5 Å². The Morgan fingerprint density at radius 3 is 1.97 bits per heavy atom. The van der Waals surface area contributed by atoms with Crippen LogP contribution >= 0.6 is 11.8 Å². The van der Waals surface area contributed by atoms with Gasteiger partial charge in [0.2, 0.25) is 17.7 Å². The van der Waals surface area contributed by atoms with Crippen molar-refractivity contribution in [1.29, 1.82) is 0 Å². The van der Waals surface area contributed by atoms with Crippen LogP contribution in [0.15, 0.2) is 4.99 Å². The number of aliphatic carboxylic acids is 2. The Labute approximate surface area is 206 Å². The molecule has 0 saturated heterocycles. The first-order valence-electron chi connectivity index (χ1n) is 10.6. The number of nitrogens with zero attached hydrogens (tertiary/aromatic N) is 1. The van der Waals surface area contributed by atoms with Crippen molar-refractivity contribution in [3.8, 4) is 0 Å². The number of guanidine groups is 1. The molecule has 0 fully saturated rings. The Balaban J connectivity index is 5.59. The number of carbonyl (C=O) groups is 5. The molecule has 0 aromatic carbocycles. The smallest absolute Gasteiger partial charge is 0.328 e. The number of amides is 3. The molecule has 0 aromatic rings. The van der Waals surface area contributed by atoms with Gasteiger partial charge in [-0.05, 0) is 38.2 Å². The number of aliphatic imine (C=N–C) groups is 1. The van der Waals surface area contributed by atoms with Crippen LogP contribution in [0.4, 0.5) is 0 Å². The highest BCUT2D eigenvalue weighted by Crippen LogP contribution is 2.06. The van der Waals surface area contributed by atoms with Crippen LogP contribution in [0.3, 0.4) is 0 Å². The molecule has 0 aliphatic carbocycles. The van der Waals surface area contributed by atoms with Crippen LogP contribution in [0, 0.1) is 0 Å². The van der Waals surface area contributed by atoms with Crippen molar-refractivity contribution in [3.63, 3.8) is 0 Å². The third-order valence-electron chi connectivity index (χ3n) is 4.60. The van der Waals surface area contributed by atoms with Gasteiger partial charge in [-0.1, -0.05) is 0 Å². The van der Waals surface area contributed by atoms with Crippen molar-refractivity contribution in [1.82, 2.24) is 16.0 Å². The van der Waals surface area contributed by atoms with E-state index in [1.807, 2.05) is 0 Å². The summed E-state index contributed by atoms with van der Waals surface area (Å²) in [7, 11) is 0. The van der Waals surface area contributed by atoms with E-state index in [4.69, 9.17) is 22.3 Å². The minimum Gasteiger partial charge on any atom is -0.481 e. The molecule has 3 amide bonds. The number of carbonyl (C=O) groups excluding carboxylic acids is 3. The number of aliphatic hydroxyl groups is 1. The number of carboxylic acids is 2. The Morgan fingerprint density at radius 2 is 1.49 bits per heavy atom. The molecule has 200 valence electrons. The van der Waals surface area contributed by atoms with Gasteiger partial charge in [-0.2, -0.15) is 11.8 Å². The first-order chi connectivity index (χ1) is 16.3. The van der Waals surface area contributed by atoms with Gasteiger partial charge in [-0.25, -0.2) is 4.79 Å². The molecule has 0 radical (unpaired) electrons. The van der Waals surface area contributed by atoms with E-state index in [0.29, 0.717) is 5.75 Å². The lowest BCUT2D eigenvalue weighted by molar-refractivity contribution is -0.145. The van der Waals surface area contributed by atoms with Crippen LogP contribution < -0.4 is 33.2 Å². The topological polar surface area (TPSA) is 273 Å². The SMILES string of the molecule is CSCCC(NC(=O)C(N)CC(=O)O)C(=O)NC(CCCN=C(N)N)C(=O)NC(C(=O)O)C(C)O. The van der Waals surface area contributed by atoms with Crippen molar-refractivity contribution in [3.05, 3.63) is 0 Å². The van der Waals surface area contributed by atoms with Crippen LogP contribution in [-0.2, 0) is 24.0 Å². The molecule has 35 heavy (non-hydrogen) atoms. The molecule has 0 saturated carbocycles. The molecule has 5 atom stereocenters. The van der Waals surface area contributed by atoms with Gasteiger partial charge in [0.1, 0.15) is 12.1 Å². The quantitative estimate of drug-likeness (QED) is 0.0512. The van der Waals surface area contributed by atoms with Crippen LogP contribution in [0.1, 0.15) is 32.6 Å². The summed E-state index contributed by atoms with van der Waals surface area (Å²) in [5.74, 6) is -5.00. The van der Waals surface area contributed by atoms with E-state index in [2.05, 4.69) is 20.9 Å². The summed E-state index contributed by atoms with van der Waals surface area (Å²) in [6, 6.07) is -5.41. The summed E-state index contributed by atoms with van der Waals surface area (Å²) in [5, 5.41) is 34.7. The lowest BCUT2D eigenvalue weighted by Gasteiger charge is -2.25. The van der Waals surface area contributed by atoms with Crippen LogP contribution in [0.25, 0.3) is 0 Å². The lowest BCUT2D eigenvalue weighted by Crippen LogP contribution is -2.58. The molecule has 0 aliphatic heterocycles. The van der Waals surface area contributed by atoms with Crippen molar-refractivity contribution in [2.24, 2.45) is 22.2 Å². The average Bonchev–Trinajstić information content (AvgIpc) is 2.75. The fraction of sp³-hybridized carbons (Fsp3) is 0.684. The Morgan fingerprint density at radius 1 is 0.943 bits per heavy atom. The second-order valence-corrected chi connectivity index (χ2v) is 8.61. The molecule has 0 bridgehead atoms. The molecular formula is C19H35N7O8S. The lowest BCUT2D eigenvalue weighted by atomic mass is 10.1. The summed E-state index contributed by atoms with van der Waals surface area (Å²) in [5.41, 5.74) is 16.1. The highest BCUT2D eigenvalue weighted by atomic mass is 32.2. The van der Waals surface area contributed by atoms with Gasteiger partial charge in [-0.15, -0.1) is 0 Å². The van der Waals surface area contributed by atoms with Gasteiger partial charge in [0, 0.05) is 6.54 Å². The number of nitrogens with two attached hydrogens (primary N) is 3. The fourth-order valence-electron chi connectivity index (χ4n) is 2.75. The third-order valence-corrected chi connectivity index (χ3v) is 5.24. The predicted molar refractivity (Wildman–Crippen MR) is 128 cm³/mol. The molecule has 0 aliphatic rings. The largest absolute Gasteiger partial charge is 0.481 e. The zero-order valence-electron chi connectivity index (χ0n) is 19.6. The van der Waals surface area contributed by atoms with E-state index in [1.165, 1.54) is 18.7 Å². The third kappa shape index (κ3) is 13.4. The molecule has 12 N–H and O–H groups in total. The molecule has 5 unspecified atom stereocenters. The second-order valence-electron chi connectivity index (χ2n) is 7.62. The number of thioether (sulfide) groups is 1. The molecule has 0 heterocycles. The molecule has 16 heteroatoms. The molecule has 0 aromatic heterocycles. The van der Waals surface area contributed by atoms with Crippen molar-refractivity contribution >= 4 is 47.4 Å². The van der Waals surface area contributed by atoms with E-state index in [1.54, 1.807) is 6.26 Å². The number of hydrogen-bond acceptors (Lipinski definition) is 9. The summed E-state index contributed by atoms with van der Waals surface area (Å²) >= 11 is 1.39. The summed E-state index contributed by atoms with van der Waals surface area (Å²) in [6.07, 6.45) is 0.0881. The first-order valence-corrected chi connectivity index (χ1v) is 12.0. The highest BCUT2D eigenvalue weighted by Gasteiger charge is 2.31. The summed E-state index contributed by atoms with van der Waals surface area (Å²) < 4.78 is 0. The molecule has 15 nitrogen and oxygen atoms in total. The number of nitrogens with one attached hydrogen (secondary N) is 3. The van der Waals surface area contributed by atoms with Gasteiger partial charge in [0.15, 0.2) is 12.0 Å². The normalized spacial score (nSPS) is 15.0. The predicted octanol–water partition coefficient (Wildman–Crippen LogP) is -3.49. The van der Waals surface area contributed by atoms with E-state index in [-0.39, 0.29) is 31.8 Å². The zero-order valence-corrected chi connectivity index (χ0v) is 20.4. The van der Waals surface area contributed by atoms with Crippen molar-refractivity contribution in [2.45, 2.75) is 62.9 Å². The average molecular weight is 522 g/mol. The van der Waals surface area contributed by atoms with E-state index in [9.17, 15) is 34.2 Å². The maximum absolute atomic E-state index is 12.9. The standard InChI is InChI=1S/C19H35N7O8S/c1-9(27)14(18(33)34)26-17(32)11(4-3-6-23-19(21)22)25-16(31)12(5-7-35-2)24-15(30)10(20)8-13(28)29/h9-12,14,27H,3-8,20H2,1-2H3,(H,24,30)(H,25,31)(H,26,32)(H,28,29)(H,33,34)(H4,21,22,23). The van der Waals surface area contributed by atoms with Crippen molar-refractivity contribution < 1.29 is 39.3 Å². The maximum atomic E-state index is 12.9. The van der Waals surface area contributed by atoms with Crippen molar-refractivity contribution in [2.75, 3.05) is 18.6 Å². The number of hydrogen-bond donors (Lipinski definition) is 9. The summed E-state index contributed by atoms with van der Waals surface area (Å²) in [6.45, 7) is 1.30. The summed E-state index contributed by atoms with van der Waals surface area (Å²) in [4.78, 5) is 63.9.